The van der Waals surface area contributed by atoms with E-state index in [-0.39, 0.29) is 0 Å². The Morgan fingerprint density at radius 1 is 1.46 bits per heavy atom. The van der Waals surface area contributed by atoms with Gasteiger partial charge in [-0.1, -0.05) is 0 Å². The minimum atomic E-state index is 0.500. The molecule has 2 aromatic heterocycles. The fourth-order valence-corrected chi connectivity index (χ4v) is 0.926. The molecule has 0 fully saturated rings. The quantitative estimate of drug-likeness (QED) is 0.774. The molecule has 0 bridgehead atoms. The second-order valence-corrected chi connectivity index (χ2v) is 2.63. The predicted molar refractivity (Wildman–Crippen MR) is 45.1 cm³/mol. The van der Waals surface area contributed by atoms with Gasteiger partial charge in [0.05, 0.1) is 17.9 Å². The fraction of sp³-hybridized carbons (Fsp3) is 0.250. The largest absolute Gasteiger partial charge is 0.451 e. The van der Waals surface area contributed by atoms with Crippen molar-refractivity contribution in [2.75, 3.05) is 5.32 Å². The topological polar surface area (TPSA) is 64.1 Å². The summed E-state index contributed by atoms with van der Waals surface area (Å²) in [5, 5.41) is 2.97. The first-order valence-electron chi connectivity index (χ1n) is 3.87. The third kappa shape index (κ3) is 1.87. The van der Waals surface area contributed by atoms with E-state index in [1.807, 2.05) is 6.92 Å². The van der Waals surface area contributed by atoms with E-state index in [4.69, 9.17) is 8.83 Å². The molecule has 0 aliphatic carbocycles. The van der Waals surface area contributed by atoms with Crippen LogP contribution in [-0.4, -0.2) is 9.97 Å². The van der Waals surface area contributed by atoms with Crippen molar-refractivity contribution in [3.63, 3.8) is 0 Å². The van der Waals surface area contributed by atoms with Gasteiger partial charge in [-0.25, -0.2) is 4.98 Å². The third-order valence-electron chi connectivity index (χ3n) is 1.52. The molecule has 0 atom stereocenters. The van der Waals surface area contributed by atoms with Gasteiger partial charge < -0.3 is 14.2 Å². The average Bonchev–Trinajstić information content (AvgIpc) is 2.71. The summed E-state index contributed by atoms with van der Waals surface area (Å²) in [5.74, 6) is 0. The highest BCUT2D eigenvalue weighted by molar-refractivity contribution is 5.21. The molecular formula is C8H9N3O2. The predicted octanol–water partition coefficient (Wildman–Crippen LogP) is 1.58. The molecule has 2 heterocycles. The number of hydrogen-bond acceptors (Lipinski definition) is 5. The Bertz CT molecular complexity index is 366. The molecule has 0 aromatic carbocycles. The molecule has 0 amide bonds. The van der Waals surface area contributed by atoms with Crippen LogP contribution in [0.5, 0.6) is 0 Å². The number of rotatable bonds is 3. The van der Waals surface area contributed by atoms with Crippen molar-refractivity contribution in [3.05, 3.63) is 30.3 Å². The van der Waals surface area contributed by atoms with Crippen LogP contribution in [0, 0.1) is 6.92 Å². The third-order valence-corrected chi connectivity index (χ3v) is 1.52. The minimum absolute atomic E-state index is 0.500. The molecule has 0 radical (unpaired) electrons. The van der Waals surface area contributed by atoms with Gasteiger partial charge in [0.1, 0.15) is 12.5 Å². The van der Waals surface area contributed by atoms with Crippen molar-refractivity contribution in [2.45, 2.75) is 13.5 Å². The molecule has 5 heteroatoms. The molecule has 5 nitrogen and oxygen atoms in total. The Balaban J connectivity index is 1.93. The van der Waals surface area contributed by atoms with Gasteiger partial charge in [0, 0.05) is 0 Å². The number of anilines is 1. The Morgan fingerprint density at radius 2 is 2.38 bits per heavy atom. The van der Waals surface area contributed by atoms with Gasteiger partial charge in [0.2, 0.25) is 0 Å². The highest BCUT2D eigenvalue weighted by atomic mass is 16.4. The van der Waals surface area contributed by atoms with Crippen LogP contribution in [0.1, 0.15) is 11.4 Å². The molecule has 2 rings (SSSR count). The van der Waals surface area contributed by atoms with Crippen LogP contribution >= 0.6 is 0 Å². The van der Waals surface area contributed by atoms with E-state index in [1.54, 1.807) is 12.5 Å². The molecule has 0 aliphatic heterocycles. The lowest BCUT2D eigenvalue weighted by molar-refractivity contribution is 0.555. The number of nitrogens with one attached hydrogen (secondary N) is 1. The summed E-state index contributed by atoms with van der Waals surface area (Å²) in [6.45, 7) is 2.42. The lowest BCUT2D eigenvalue weighted by atomic mass is 10.5. The fourth-order valence-electron chi connectivity index (χ4n) is 0.926. The van der Waals surface area contributed by atoms with Crippen LogP contribution in [0.2, 0.25) is 0 Å². The number of aryl methyl sites for hydroxylation is 1. The second-order valence-electron chi connectivity index (χ2n) is 2.63. The van der Waals surface area contributed by atoms with Crippen LogP contribution in [-0.2, 0) is 6.54 Å². The molecule has 0 saturated carbocycles. The van der Waals surface area contributed by atoms with Gasteiger partial charge in [0.15, 0.2) is 6.39 Å². The monoisotopic (exact) mass is 179 g/mol. The highest BCUT2D eigenvalue weighted by Gasteiger charge is 2.00. The van der Waals surface area contributed by atoms with E-state index in [9.17, 15) is 0 Å². The minimum Gasteiger partial charge on any atom is -0.451 e. The normalized spacial score (nSPS) is 10.2. The van der Waals surface area contributed by atoms with Gasteiger partial charge in [-0.2, -0.15) is 4.98 Å². The lowest BCUT2D eigenvalue weighted by Gasteiger charge is -1.95. The van der Waals surface area contributed by atoms with Crippen LogP contribution in [0.3, 0.4) is 0 Å². The Kier molecular flexibility index (Phi) is 1.99. The van der Waals surface area contributed by atoms with Crippen LogP contribution < -0.4 is 5.32 Å². The van der Waals surface area contributed by atoms with Crippen molar-refractivity contribution < 1.29 is 8.83 Å². The first-order chi connectivity index (χ1) is 6.34. The van der Waals surface area contributed by atoms with Crippen LogP contribution in [0.15, 0.2) is 27.8 Å². The molecule has 1 N–H and O–H groups in total. The lowest BCUT2D eigenvalue weighted by Crippen LogP contribution is -1.99. The zero-order valence-electron chi connectivity index (χ0n) is 7.15. The molecule has 0 saturated heterocycles. The maximum atomic E-state index is 5.08. The number of oxazole rings is 2. The summed E-state index contributed by atoms with van der Waals surface area (Å²) < 4.78 is 9.89. The van der Waals surface area contributed by atoms with Gasteiger partial charge in [0.25, 0.3) is 6.01 Å². The molecule has 0 aliphatic rings. The number of nitrogens with zero attached hydrogens (tertiary/aromatic N) is 2. The van der Waals surface area contributed by atoms with E-state index in [0.717, 1.165) is 11.4 Å². The zero-order valence-corrected chi connectivity index (χ0v) is 7.15. The highest BCUT2D eigenvalue weighted by Crippen LogP contribution is 2.07. The summed E-state index contributed by atoms with van der Waals surface area (Å²) >= 11 is 0. The molecule has 0 unspecified atom stereocenters. The Morgan fingerprint density at radius 3 is 3.00 bits per heavy atom. The zero-order chi connectivity index (χ0) is 9.10. The Hall–Kier alpha value is -1.78. The van der Waals surface area contributed by atoms with E-state index in [2.05, 4.69) is 15.3 Å². The standard InChI is InChI=1S/C8H9N3O2/c1-6-3-13-8(11-6)9-2-7-4-12-5-10-7/h3-5H,2H2,1H3,(H,9,11). The molecule has 68 valence electrons. The van der Waals surface area contributed by atoms with E-state index in [0.29, 0.717) is 12.6 Å². The van der Waals surface area contributed by atoms with Crippen LogP contribution in [0.25, 0.3) is 0 Å². The maximum Gasteiger partial charge on any atom is 0.295 e. The summed E-state index contributed by atoms with van der Waals surface area (Å²) in [6.07, 6.45) is 4.55. The maximum absolute atomic E-state index is 5.08. The summed E-state index contributed by atoms with van der Waals surface area (Å²) in [6, 6.07) is 0.500. The summed E-state index contributed by atoms with van der Waals surface area (Å²) in [4.78, 5) is 8.01. The van der Waals surface area contributed by atoms with E-state index in [1.165, 1.54) is 6.39 Å². The first-order valence-corrected chi connectivity index (χ1v) is 3.87. The van der Waals surface area contributed by atoms with Crippen molar-refractivity contribution in [3.8, 4) is 0 Å². The van der Waals surface area contributed by atoms with Gasteiger partial charge in [-0.05, 0) is 6.92 Å². The van der Waals surface area contributed by atoms with Gasteiger partial charge in [-0.3, -0.25) is 0 Å². The van der Waals surface area contributed by atoms with E-state index < -0.39 is 0 Å². The smallest absolute Gasteiger partial charge is 0.295 e. The molecular weight excluding hydrogens is 170 g/mol. The van der Waals surface area contributed by atoms with Crippen molar-refractivity contribution in [2.24, 2.45) is 0 Å². The molecule has 2 aromatic rings. The van der Waals surface area contributed by atoms with Crippen LogP contribution in [0.4, 0.5) is 6.01 Å². The number of aromatic nitrogens is 2. The van der Waals surface area contributed by atoms with Crippen molar-refractivity contribution in [1.82, 2.24) is 9.97 Å². The number of hydrogen-bond donors (Lipinski definition) is 1. The van der Waals surface area contributed by atoms with Crippen molar-refractivity contribution >= 4 is 6.01 Å². The Labute approximate surface area is 74.8 Å². The molecule has 0 spiro atoms. The summed E-state index contributed by atoms with van der Waals surface area (Å²) in [7, 11) is 0. The SMILES string of the molecule is Cc1coc(NCc2cocn2)n1. The first kappa shape index (κ1) is 7.85. The molecule has 13 heavy (non-hydrogen) atoms. The van der Waals surface area contributed by atoms with Crippen molar-refractivity contribution in [1.29, 1.82) is 0 Å². The van der Waals surface area contributed by atoms with Gasteiger partial charge >= 0.3 is 0 Å². The average molecular weight is 179 g/mol. The second kappa shape index (κ2) is 3.30. The van der Waals surface area contributed by atoms with E-state index >= 15 is 0 Å². The summed E-state index contributed by atoms with van der Waals surface area (Å²) in [5.41, 5.74) is 1.67. The van der Waals surface area contributed by atoms with Gasteiger partial charge in [-0.15, -0.1) is 0 Å².